The first-order valence-corrected chi connectivity index (χ1v) is 25.8. The maximum absolute atomic E-state index is 17.2. The fourth-order valence-electron chi connectivity index (χ4n) is 12.3. The number of pyridine rings is 1. The maximum Gasteiger partial charge on any atom is 0.319 e. The number of amides is 2. The molecule has 1 saturated carbocycles. The van der Waals surface area contributed by atoms with Crippen molar-refractivity contribution in [2.24, 2.45) is 18.4 Å². The molecule has 15 nitrogen and oxygen atoms in total. The highest BCUT2D eigenvalue weighted by atomic mass is 19.1. The highest BCUT2D eigenvalue weighted by Crippen LogP contribution is 2.48. The van der Waals surface area contributed by atoms with Crippen LogP contribution in [0.3, 0.4) is 0 Å². The molecule has 0 bridgehead atoms. The number of piperidine rings is 3. The van der Waals surface area contributed by atoms with Crippen molar-refractivity contribution in [3.8, 4) is 23.0 Å². The second-order valence-electron chi connectivity index (χ2n) is 21.3. The number of imide groups is 1. The lowest BCUT2D eigenvalue weighted by Crippen LogP contribution is -2.56. The van der Waals surface area contributed by atoms with Gasteiger partial charge in [-0.2, -0.15) is 15.1 Å². The van der Waals surface area contributed by atoms with E-state index < -0.39 is 17.6 Å². The van der Waals surface area contributed by atoms with Crippen LogP contribution < -0.4 is 19.9 Å². The Hall–Kier alpha value is -6.04. The monoisotopic (exact) mass is 968 g/mol. The third kappa shape index (κ3) is 8.70. The molecule has 2 N–H and O–H groups in total. The summed E-state index contributed by atoms with van der Waals surface area (Å²) in [6.45, 7) is 12.4. The topological polar surface area (TPSA) is 154 Å². The van der Waals surface area contributed by atoms with Gasteiger partial charge in [0, 0.05) is 100 Å². The Kier molecular flexibility index (Phi) is 11.8. The summed E-state index contributed by atoms with van der Waals surface area (Å²) in [6.07, 6.45) is 10.0. The predicted molar refractivity (Wildman–Crippen MR) is 267 cm³/mol. The number of ether oxygens (including phenoxy) is 2. The Morgan fingerprint density at radius 2 is 1.72 bits per heavy atom. The summed E-state index contributed by atoms with van der Waals surface area (Å²) in [5.74, 6) is -0.810. The molecule has 6 aliphatic rings. The quantitative estimate of drug-likeness (QED) is 0.119. The first kappa shape index (κ1) is 46.1. The number of piperazine rings is 1. The summed E-state index contributed by atoms with van der Waals surface area (Å²) < 4.78 is 47.0. The minimum atomic E-state index is -0.669. The van der Waals surface area contributed by atoms with Crippen molar-refractivity contribution in [3.63, 3.8) is 0 Å². The van der Waals surface area contributed by atoms with Crippen LogP contribution in [0, 0.1) is 23.0 Å². The van der Waals surface area contributed by atoms with Gasteiger partial charge in [-0.1, -0.05) is 13.0 Å². The number of fused-ring (bicyclic) bond motifs is 3. The van der Waals surface area contributed by atoms with Crippen molar-refractivity contribution in [3.05, 3.63) is 71.6 Å². The van der Waals surface area contributed by atoms with Crippen LogP contribution in [0.15, 0.2) is 48.7 Å². The van der Waals surface area contributed by atoms with Crippen molar-refractivity contribution in [2.75, 3.05) is 88.5 Å². The van der Waals surface area contributed by atoms with E-state index in [4.69, 9.17) is 24.5 Å². The molecule has 3 aromatic carbocycles. The van der Waals surface area contributed by atoms with Crippen LogP contribution in [0.4, 0.5) is 20.3 Å². The highest BCUT2D eigenvalue weighted by Gasteiger charge is 2.46. The lowest BCUT2D eigenvalue weighted by atomic mass is 9.86. The van der Waals surface area contributed by atoms with Crippen molar-refractivity contribution < 1.29 is 33.0 Å². The van der Waals surface area contributed by atoms with Gasteiger partial charge in [0.2, 0.25) is 11.8 Å². The van der Waals surface area contributed by atoms with Gasteiger partial charge in [0.15, 0.2) is 5.82 Å². The number of benzene rings is 3. The second kappa shape index (κ2) is 18.2. The van der Waals surface area contributed by atoms with E-state index in [0.29, 0.717) is 71.4 Å². The minimum Gasteiger partial charge on any atom is -0.508 e. The molecular formula is C54H62F2N10O5. The van der Waals surface area contributed by atoms with Crippen LogP contribution in [0.5, 0.6) is 11.8 Å². The third-order valence-corrected chi connectivity index (χ3v) is 16.6. The van der Waals surface area contributed by atoms with E-state index >= 15 is 8.78 Å². The second-order valence-corrected chi connectivity index (χ2v) is 21.3. The van der Waals surface area contributed by atoms with Gasteiger partial charge >= 0.3 is 6.01 Å². The molecule has 5 aliphatic heterocycles. The Bertz CT molecular complexity index is 3070. The number of rotatable bonds is 12. The molecule has 6 aromatic rings. The molecule has 12 rings (SSSR count). The van der Waals surface area contributed by atoms with E-state index in [1.165, 1.54) is 12.1 Å². The number of halogens is 2. The van der Waals surface area contributed by atoms with Crippen LogP contribution in [0.2, 0.25) is 0 Å². The van der Waals surface area contributed by atoms with Crippen LogP contribution in [0.25, 0.3) is 43.8 Å². The molecule has 3 aromatic heterocycles. The number of hydrogen-bond acceptors (Lipinski definition) is 13. The van der Waals surface area contributed by atoms with E-state index in [1.807, 2.05) is 18.7 Å². The average Bonchev–Trinajstić information content (AvgIpc) is 4.06. The molecule has 2 amide bonds. The molecule has 17 heteroatoms. The molecule has 8 heterocycles. The Morgan fingerprint density at radius 3 is 2.46 bits per heavy atom. The number of likely N-dealkylation sites (tertiary alicyclic amines) is 1. The van der Waals surface area contributed by atoms with Crippen molar-refractivity contribution in [1.29, 1.82) is 0 Å². The van der Waals surface area contributed by atoms with Gasteiger partial charge in [-0.15, -0.1) is 0 Å². The number of nitrogens with zero attached hydrogens (tertiary/aromatic N) is 9. The summed E-state index contributed by atoms with van der Waals surface area (Å²) in [7, 11) is 1.92. The number of aromatic hydroxyl groups is 1. The first-order valence-electron chi connectivity index (χ1n) is 25.8. The third-order valence-electron chi connectivity index (χ3n) is 16.6. The molecule has 1 aliphatic carbocycles. The van der Waals surface area contributed by atoms with Gasteiger partial charge in [-0.25, -0.2) is 8.78 Å². The van der Waals surface area contributed by atoms with Crippen molar-refractivity contribution >= 4 is 55.9 Å². The summed E-state index contributed by atoms with van der Waals surface area (Å²) >= 11 is 0. The molecule has 372 valence electrons. The van der Waals surface area contributed by atoms with E-state index in [-0.39, 0.29) is 45.8 Å². The van der Waals surface area contributed by atoms with Gasteiger partial charge in [-0.05, 0) is 123 Å². The highest BCUT2D eigenvalue weighted by molar-refractivity contribution is 6.03. The summed E-state index contributed by atoms with van der Waals surface area (Å²) in [6, 6.07) is 12.5. The SMILES string of the molecule is CCc1c(F)ccc2cc(O)cc(-c3ncc4c(N5CCC[C@]6(CCO6)C5)nc(OCC5(CN6CCC(CN7CCN(c8ccc9c(C%10CCC(=O)NC%10=O)nn(C)c9c8)CC7)CC6)CC5)nc4c3F)c12. The van der Waals surface area contributed by atoms with Gasteiger partial charge in [-0.3, -0.25) is 29.5 Å². The smallest absolute Gasteiger partial charge is 0.319 e. The molecule has 6 fully saturated rings. The number of aryl methyl sites for hydroxylation is 2. The van der Waals surface area contributed by atoms with E-state index in [1.54, 1.807) is 18.3 Å². The standard InChI is InChI=1S/C54H62F2N10O5/c1-3-37-42(55)9-5-34-25-36(67)27-40(45(34)37)48-46(56)49-41(28-57-48)50(66-17-4-13-54(31-66)16-24-71-54)60-52(59-49)70-32-53(14-15-53)30-64-18-11-33(12-19-64)29-63-20-22-65(23-21-63)35-6-7-38-43(26-35)62(2)61-47(38)39-8-10-44(68)58-51(39)69/h5-7,9,25-28,33,39,67H,3-4,8,10-24,29-32H2,1-2H3,(H,58,68,69)/t39?,54-/m0/s1. The molecule has 1 spiro atoms. The van der Waals surface area contributed by atoms with Crippen LogP contribution >= 0.6 is 0 Å². The summed E-state index contributed by atoms with van der Waals surface area (Å²) in [5.41, 5.74) is 3.44. The molecule has 2 atom stereocenters. The lowest BCUT2D eigenvalue weighted by molar-refractivity contribution is -0.151. The van der Waals surface area contributed by atoms with Crippen LogP contribution in [-0.2, 0) is 27.8 Å². The van der Waals surface area contributed by atoms with Gasteiger partial charge in [0.25, 0.3) is 0 Å². The largest absolute Gasteiger partial charge is 0.508 e. The van der Waals surface area contributed by atoms with Crippen molar-refractivity contribution in [1.82, 2.24) is 39.8 Å². The number of carbonyl (C=O) groups excluding carboxylic acids is 2. The number of phenolic OH excluding ortho intramolecular Hbond substituents is 1. The lowest BCUT2D eigenvalue weighted by Gasteiger charge is -2.48. The van der Waals surface area contributed by atoms with Crippen LogP contribution in [0.1, 0.15) is 81.9 Å². The molecular weight excluding hydrogens is 907 g/mol. The number of hydrogen-bond donors (Lipinski definition) is 2. The molecule has 5 saturated heterocycles. The number of anilines is 2. The fourth-order valence-corrected chi connectivity index (χ4v) is 12.3. The van der Waals surface area contributed by atoms with E-state index in [0.717, 1.165) is 133 Å². The van der Waals surface area contributed by atoms with Gasteiger partial charge < -0.3 is 29.3 Å². The Balaban J connectivity index is 0.696. The van der Waals surface area contributed by atoms with Gasteiger partial charge in [0.05, 0.1) is 41.3 Å². The number of aromatic nitrogens is 5. The molecule has 1 unspecified atom stereocenters. The Labute approximate surface area is 411 Å². The maximum atomic E-state index is 17.2. The van der Waals surface area contributed by atoms with E-state index in [2.05, 4.69) is 48.1 Å². The molecule has 71 heavy (non-hydrogen) atoms. The van der Waals surface area contributed by atoms with Crippen LogP contribution in [-0.4, -0.2) is 136 Å². The first-order chi connectivity index (χ1) is 34.4. The number of nitrogens with one attached hydrogen (secondary N) is 1. The summed E-state index contributed by atoms with van der Waals surface area (Å²) in [5, 5.41) is 20.5. The predicted octanol–water partition coefficient (Wildman–Crippen LogP) is 7.25. The minimum absolute atomic E-state index is 0.0142. The normalized spacial score (nSPS) is 23.2. The number of carbonyl (C=O) groups is 2. The van der Waals surface area contributed by atoms with Crippen molar-refractivity contribution in [2.45, 2.75) is 82.7 Å². The fraction of sp³-hybridized carbons (Fsp3) is 0.519. The van der Waals surface area contributed by atoms with Gasteiger partial charge in [0.1, 0.15) is 28.6 Å². The zero-order valence-electron chi connectivity index (χ0n) is 40.7. The van der Waals surface area contributed by atoms with E-state index in [9.17, 15) is 14.7 Å². The summed E-state index contributed by atoms with van der Waals surface area (Å²) in [4.78, 5) is 48.6. The number of phenols is 1. The zero-order valence-corrected chi connectivity index (χ0v) is 40.7. The zero-order chi connectivity index (χ0) is 48.6. The Morgan fingerprint density at radius 1 is 0.901 bits per heavy atom. The average molecular weight is 969 g/mol. The molecule has 0 radical (unpaired) electrons.